The molecular formula is C73H185N25O5. The number of hydrogen-bond donors (Lipinski definition) is 16. The van der Waals surface area contributed by atoms with Gasteiger partial charge in [-0.1, -0.05) is 203 Å². The van der Waals surface area contributed by atoms with Gasteiger partial charge >= 0.3 is 12.1 Å². The van der Waals surface area contributed by atoms with Gasteiger partial charge in [0.25, 0.3) is 0 Å². The van der Waals surface area contributed by atoms with Crippen molar-refractivity contribution >= 4 is 30.4 Å². The van der Waals surface area contributed by atoms with E-state index in [9.17, 15) is 19.2 Å². The average Bonchev–Trinajstić information content (AvgIpc) is 1.76. The number of nitrogens with two attached hydrogens (primary N) is 9. The third-order valence-corrected chi connectivity index (χ3v) is 5.90. The Morgan fingerprint density at radius 3 is 0.806 bits per heavy atom. The van der Waals surface area contributed by atoms with Crippen LogP contribution in [0.1, 0.15) is 237 Å². The van der Waals surface area contributed by atoms with Crippen LogP contribution in [0, 0.1) is 68.0 Å². The molecule has 0 aromatic heterocycles. The van der Waals surface area contributed by atoms with Gasteiger partial charge < -0.3 is 118 Å². The first-order valence-corrected chi connectivity index (χ1v) is 33.4. The molecule has 30 nitrogen and oxygen atoms in total. The third-order valence-electron chi connectivity index (χ3n) is 5.90. The Bertz CT molecular complexity index is 1520. The van der Waals surface area contributed by atoms with Gasteiger partial charge in [0.2, 0.25) is 0 Å². The maximum atomic E-state index is 11.0. The SMILES string of the molecule is C.C.C.C.C.C.C=O.CC.CC.CC(C)=O.CC(C)=O.CC(C)N.CC(C)N.CC(C)N.CC(C)N.CC(C)N.CC(C)N.CC(C)N.CCCC.CCCNC.CN1CCN(CC#N)C1=O.CNCCNCC#N.CNCCNCC#N.N#CCN.N#CCN1CCNC1=O.N#CCNCCN. The second-order valence-electron chi connectivity index (χ2n) is 21.1. The number of nitriles is 6. The molecule has 2 saturated heterocycles. The van der Waals surface area contributed by atoms with Gasteiger partial charge in [0, 0.05) is 72.5 Å². The average molecular weight is 1490 g/mol. The Morgan fingerprint density at radius 2 is 0.670 bits per heavy atom. The summed E-state index contributed by atoms with van der Waals surface area (Å²) in [6, 6.07) is 13.6. The minimum atomic E-state index is -0.128. The molecule has 30 heteroatoms. The van der Waals surface area contributed by atoms with Crippen LogP contribution in [0.3, 0.4) is 0 Å². The number of urea groups is 2. The van der Waals surface area contributed by atoms with Crippen molar-refractivity contribution in [1.29, 1.82) is 31.6 Å². The fraction of sp³-hybridized carbons (Fsp3) is 0.849. The first-order valence-electron chi connectivity index (χ1n) is 33.4. The van der Waals surface area contributed by atoms with E-state index in [-0.39, 0.29) is 87.8 Å². The summed E-state index contributed by atoms with van der Waals surface area (Å²) >= 11 is 0. The standard InChI is InChI=1S/C6H9N3O.C5H7N3O.2C5H11N3.C4H9N3.C4H11N.C4H10.7C3H9N.2C3H6O.C2H4N2.2C2H6.CH2O.6CH4/c1-8-4-5-9(3-2-7)6(8)10;6-1-3-8-4-2-7-5(8)9;2*1-7-4-5-8-3-2-6;5-1-3-7-4-2-6;1-3-4-5-2;1-3-4-2;9*1-3(2)4;3-1-2-4;3*1-2;;;;;;/h3-5H2,1H3;2-4H2,(H,7,9);2*7-8H,3-5H2,1H3;7H,1,3-5H2;5H,3-4H2,1-2H3;3-4H2,1-2H3;7*3H,4H2,1-2H3;2*1-2H3;1,3H2;2*1-2H3;1H2;6*1H4. The zero-order valence-electron chi connectivity index (χ0n) is 67.7. The summed E-state index contributed by atoms with van der Waals surface area (Å²) in [4.78, 5) is 53.1. The Kier molecular flexibility index (Phi) is 296. The van der Waals surface area contributed by atoms with Crippen molar-refractivity contribution in [3.63, 3.8) is 0 Å². The molecule has 0 saturated carbocycles. The Morgan fingerprint density at radius 1 is 0.437 bits per heavy atom. The van der Waals surface area contributed by atoms with Crippen molar-refractivity contribution in [2.45, 2.75) is 279 Å². The van der Waals surface area contributed by atoms with Crippen LogP contribution < -0.4 is 88.8 Å². The van der Waals surface area contributed by atoms with E-state index in [1.807, 2.05) is 183 Å². The van der Waals surface area contributed by atoms with Crippen LogP contribution in [-0.2, 0) is 14.4 Å². The second-order valence-corrected chi connectivity index (χ2v) is 21.1. The maximum absolute atomic E-state index is 11.0. The Labute approximate surface area is 641 Å². The first-order chi connectivity index (χ1) is 45.2. The summed E-state index contributed by atoms with van der Waals surface area (Å²) in [5.41, 5.74) is 45.5. The van der Waals surface area contributed by atoms with Gasteiger partial charge in [-0.25, -0.2) is 9.59 Å². The van der Waals surface area contributed by atoms with Gasteiger partial charge in [-0.3, -0.25) is 0 Å². The summed E-state index contributed by atoms with van der Waals surface area (Å²) in [6.07, 6.45) is 3.87. The van der Waals surface area contributed by atoms with Gasteiger partial charge in [-0.15, -0.1) is 0 Å². The van der Waals surface area contributed by atoms with Crippen LogP contribution >= 0.6 is 0 Å². The van der Waals surface area contributed by atoms with Crippen LogP contribution in [0.5, 0.6) is 0 Å². The molecule has 2 aliphatic rings. The molecule has 0 unspecified atom stereocenters. The number of nitrogens with zero attached hydrogens (tertiary/aromatic N) is 9. The van der Waals surface area contributed by atoms with Crippen molar-refractivity contribution in [2.75, 3.05) is 139 Å². The number of amides is 4. The van der Waals surface area contributed by atoms with Crippen molar-refractivity contribution in [3.05, 3.63) is 0 Å². The highest BCUT2D eigenvalue weighted by molar-refractivity contribution is 5.76. The smallest absolute Gasteiger partial charge is 0.320 e. The predicted octanol–water partition coefficient (Wildman–Crippen LogP) is 8.35. The minimum Gasteiger partial charge on any atom is -0.336 e. The third kappa shape index (κ3) is 506. The largest absolute Gasteiger partial charge is 0.336 e. The maximum Gasteiger partial charge on any atom is 0.320 e. The lowest BCUT2D eigenvalue weighted by atomic mass is 10.4. The van der Waals surface area contributed by atoms with Gasteiger partial charge in [0.05, 0.1) is 62.6 Å². The monoisotopic (exact) mass is 1490 g/mol. The molecule has 0 aromatic rings. The van der Waals surface area contributed by atoms with Gasteiger partial charge in [0.15, 0.2) is 0 Å². The Hall–Kier alpha value is -6.11. The number of rotatable bonds is 16. The number of hydrogen-bond acceptors (Lipinski definition) is 26. The predicted molar refractivity (Wildman–Crippen MR) is 456 cm³/mol. The lowest BCUT2D eigenvalue weighted by Gasteiger charge is -2.10. The van der Waals surface area contributed by atoms with E-state index in [1.54, 1.807) is 18.0 Å². The van der Waals surface area contributed by atoms with Crippen LogP contribution in [0.4, 0.5) is 9.59 Å². The highest BCUT2D eigenvalue weighted by atomic mass is 16.2. The molecule has 2 fully saturated rings. The Balaban J connectivity index is -0.0000000293. The molecule has 0 atom stereocenters. The topological polar surface area (TPSA) is 556 Å². The molecule has 0 aromatic carbocycles. The summed E-state index contributed by atoms with van der Waals surface area (Å²) < 4.78 is 0. The number of likely N-dealkylation sites (N-methyl/N-ethyl adjacent to an activating group) is 3. The molecule has 0 aliphatic carbocycles. The summed E-state index contributed by atoms with van der Waals surface area (Å²) in [6.45, 7) is 60.5. The quantitative estimate of drug-likeness (QED) is 0.0509. The van der Waals surface area contributed by atoms with E-state index in [1.165, 1.54) is 56.8 Å². The molecule has 632 valence electrons. The number of carbonyl (C=O) groups is 5. The van der Waals surface area contributed by atoms with E-state index in [4.69, 9.17) is 82.2 Å². The molecule has 2 heterocycles. The number of nitrogens with one attached hydrogen (secondary N) is 7. The highest BCUT2D eigenvalue weighted by Crippen LogP contribution is 2.03. The first kappa shape index (κ1) is 168. The van der Waals surface area contributed by atoms with Crippen LogP contribution in [0.15, 0.2) is 0 Å². The van der Waals surface area contributed by atoms with Crippen LogP contribution in [-0.4, -0.2) is 227 Å². The molecule has 0 radical (unpaired) electrons. The van der Waals surface area contributed by atoms with Crippen molar-refractivity contribution in [2.24, 2.45) is 51.6 Å². The van der Waals surface area contributed by atoms with Crippen molar-refractivity contribution in [1.82, 2.24) is 51.9 Å². The lowest BCUT2D eigenvalue weighted by molar-refractivity contribution is -0.115. The summed E-state index contributed by atoms with van der Waals surface area (Å²) in [5, 5.41) is 68.1. The minimum absolute atomic E-state index is 0. The van der Waals surface area contributed by atoms with Crippen molar-refractivity contribution < 1.29 is 24.0 Å². The van der Waals surface area contributed by atoms with Crippen molar-refractivity contribution in [3.8, 4) is 36.4 Å². The lowest BCUT2D eigenvalue weighted by Crippen LogP contribution is -2.29. The number of Topliss-reactive ketones (excluding diaryl/α,β-unsaturated/α-hetero) is 2. The molecule has 103 heavy (non-hydrogen) atoms. The van der Waals surface area contributed by atoms with E-state index >= 15 is 0 Å². The van der Waals surface area contributed by atoms with E-state index in [0.29, 0.717) is 88.1 Å². The van der Waals surface area contributed by atoms with Crippen LogP contribution in [0.25, 0.3) is 0 Å². The highest BCUT2D eigenvalue weighted by Gasteiger charge is 2.24. The molecule has 25 N–H and O–H groups in total. The molecule has 0 bridgehead atoms. The van der Waals surface area contributed by atoms with Gasteiger partial charge in [0.1, 0.15) is 31.4 Å². The molecule has 2 aliphatic heterocycles. The van der Waals surface area contributed by atoms with E-state index in [2.05, 4.69) is 63.7 Å². The number of carbonyl (C=O) groups excluding carboxylic acids is 5. The summed E-state index contributed by atoms with van der Waals surface area (Å²) in [7, 11) is 7.46. The number of ketones is 2. The van der Waals surface area contributed by atoms with Gasteiger partial charge in [-0.2, -0.15) is 31.6 Å². The second kappa shape index (κ2) is 182. The fourth-order valence-electron chi connectivity index (χ4n) is 2.89. The summed E-state index contributed by atoms with van der Waals surface area (Å²) in [5.74, 6) is 0.333. The van der Waals surface area contributed by atoms with Crippen LogP contribution in [0.2, 0.25) is 0 Å². The zero-order valence-corrected chi connectivity index (χ0v) is 67.7. The fourth-order valence-corrected chi connectivity index (χ4v) is 2.89. The van der Waals surface area contributed by atoms with Gasteiger partial charge in [-0.05, 0) is 104 Å². The van der Waals surface area contributed by atoms with E-state index in [0.717, 1.165) is 45.8 Å². The van der Waals surface area contributed by atoms with E-state index < -0.39 is 0 Å². The molecule has 4 amide bonds. The number of unbranched alkanes of at least 4 members (excludes halogenated alkanes) is 1. The molecular weight excluding hydrogens is 1310 g/mol. The molecule has 0 spiro atoms. The zero-order chi connectivity index (χ0) is 81.4. The molecule has 2 rings (SSSR count). The normalized spacial score (nSPS) is 9.10.